The number of carbonyl (C=O) groups excluding carboxylic acids is 3. The van der Waals surface area contributed by atoms with Gasteiger partial charge in [-0.25, -0.2) is 10.2 Å². The molecule has 0 radical (unpaired) electrons. The molecule has 0 heterocycles. The molecule has 198 valence electrons. The van der Waals surface area contributed by atoms with Gasteiger partial charge >= 0.3 is 5.97 Å². The van der Waals surface area contributed by atoms with E-state index in [1.807, 2.05) is 6.92 Å². The number of benzene rings is 3. The Morgan fingerprint density at radius 1 is 0.842 bits per heavy atom. The third kappa shape index (κ3) is 8.09. The first kappa shape index (κ1) is 27.7. The van der Waals surface area contributed by atoms with E-state index in [-0.39, 0.29) is 6.54 Å². The molecule has 0 aliphatic rings. The maximum absolute atomic E-state index is 12.4. The van der Waals surface area contributed by atoms with Crippen LogP contribution in [0.3, 0.4) is 0 Å². The number of nitrogens with zero attached hydrogens (tertiary/aromatic N) is 1. The molecule has 10 heteroatoms. The van der Waals surface area contributed by atoms with Crippen LogP contribution in [-0.2, 0) is 4.79 Å². The number of hydrazone groups is 1. The number of esters is 1. The van der Waals surface area contributed by atoms with E-state index in [1.54, 1.807) is 60.7 Å². The van der Waals surface area contributed by atoms with Gasteiger partial charge in [0.25, 0.3) is 11.8 Å². The van der Waals surface area contributed by atoms with Crippen molar-refractivity contribution >= 4 is 24.0 Å². The van der Waals surface area contributed by atoms with Crippen LogP contribution in [0.4, 0.5) is 0 Å². The standard InChI is InChI=1S/C28H29N3O7/c1-4-15-37-22-12-7-20(8-13-22)28(34)38-23-10-5-19(6-11-23)17-30-31-26(32)18-29-27(33)21-9-14-24(35-2)25(16-21)36-3/h5-14,16-17H,4,15,18H2,1-3H3,(H,29,33)(H,31,32)/b30-17-. The van der Waals surface area contributed by atoms with Gasteiger partial charge in [-0.15, -0.1) is 0 Å². The highest BCUT2D eigenvalue weighted by Crippen LogP contribution is 2.27. The minimum atomic E-state index is -0.508. The predicted octanol–water partition coefficient (Wildman–Crippen LogP) is 3.59. The van der Waals surface area contributed by atoms with E-state index in [2.05, 4.69) is 15.8 Å². The molecule has 0 aliphatic carbocycles. The van der Waals surface area contributed by atoms with Crippen LogP contribution in [0.5, 0.6) is 23.0 Å². The Bertz CT molecular complexity index is 1270. The van der Waals surface area contributed by atoms with Gasteiger partial charge in [-0.3, -0.25) is 9.59 Å². The molecular formula is C28H29N3O7. The zero-order valence-corrected chi connectivity index (χ0v) is 21.4. The number of amides is 2. The number of hydrogen-bond acceptors (Lipinski definition) is 8. The Hall–Kier alpha value is -4.86. The van der Waals surface area contributed by atoms with Crippen LogP contribution in [0.15, 0.2) is 71.8 Å². The lowest BCUT2D eigenvalue weighted by molar-refractivity contribution is -0.120. The Morgan fingerprint density at radius 3 is 2.16 bits per heavy atom. The Kier molecular flexibility index (Phi) is 10.2. The molecule has 0 atom stereocenters. The van der Waals surface area contributed by atoms with Crippen molar-refractivity contribution < 1.29 is 33.3 Å². The van der Waals surface area contributed by atoms with Gasteiger partial charge in [0.15, 0.2) is 11.5 Å². The average molecular weight is 520 g/mol. The first-order valence-corrected chi connectivity index (χ1v) is 11.8. The molecule has 10 nitrogen and oxygen atoms in total. The molecule has 0 aliphatic heterocycles. The summed E-state index contributed by atoms with van der Waals surface area (Å²) in [5.41, 5.74) is 3.72. The van der Waals surface area contributed by atoms with Gasteiger partial charge in [0.1, 0.15) is 11.5 Å². The van der Waals surface area contributed by atoms with Crippen LogP contribution in [0.1, 0.15) is 39.6 Å². The molecule has 0 fully saturated rings. The molecule has 3 aromatic carbocycles. The normalized spacial score (nSPS) is 10.5. The molecule has 2 N–H and O–H groups in total. The van der Waals surface area contributed by atoms with Gasteiger partial charge in [0.05, 0.1) is 39.1 Å². The SMILES string of the molecule is CCCOc1ccc(C(=O)Oc2ccc(/C=N\NC(=O)CNC(=O)c3ccc(OC)c(OC)c3)cc2)cc1. The summed E-state index contributed by atoms with van der Waals surface area (Å²) < 4.78 is 21.2. The van der Waals surface area contributed by atoms with Gasteiger partial charge in [-0.1, -0.05) is 6.92 Å². The lowest BCUT2D eigenvalue weighted by Crippen LogP contribution is -2.34. The van der Waals surface area contributed by atoms with Gasteiger partial charge < -0.3 is 24.3 Å². The monoisotopic (exact) mass is 519 g/mol. The predicted molar refractivity (Wildman–Crippen MR) is 141 cm³/mol. The van der Waals surface area contributed by atoms with E-state index in [0.29, 0.717) is 46.3 Å². The molecule has 0 saturated carbocycles. The number of nitrogens with one attached hydrogen (secondary N) is 2. The van der Waals surface area contributed by atoms with Crippen LogP contribution in [-0.4, -0.2) is 51.4 Å². The van der Waals surface area contributed by atoms with Gasteiger partial charge in [0.2, 0.25) is 0 Å². The van der Waals surface area contributed by atoms with Gasteiger partial charge in [-0.2, -0.15) is 5.10 Å². The maximum atomic E-state index is 12.4. The van der Waals surface area contributed by atoms with E-state index in [9.17, 15) is 14.4 Å². The van der Waals surface area contributed by atoms with Crippen LogP contribution < -0.4 is 29.7 Å². The second-order valence-electron chi connectivity index (χ2n) is 7.88. The summed E-state index contributed by atoms with van der Waals surface area (Å²) in [5.74, 6) is 0.505. The molecule has 3 aromatic rings. The number of methoxy groups -OCH3 is 2. The Morgan fingerprint density at radius 2 is 1.50 bits per heavy atom. The fourth-order valence-electron chi connectivity index (χ4n) is 3.15. The number of hydrogen-bond donors (Lipinski definition) is 2. The van der Waals surface area contributed by atoms with Gasteiger partial charge in [0, 0.05) is 5.56 Å². The smallest absolute Gasteiger partial charge is 0.343 e. The van der Waals surface area contributed by atoms with E-state index in [0.717, 1.165) is 6.42 Å². The van der Waals surface area contributed by atoms with Gasteiger partial charge in [-0.05, 0) is 78.7 Å². The van der Waals surface area contributed by atoms with Crippen molar-refractivity contribution in [1.29, 1.82) is 0 Å². The van der Waals surface area contributed by atoms with E-state index in [4.69, 9.17) is 18.9 Å². The summed E-state index contributed by atoms with van der Waals surface area (Å²) >= 11 is 0. The highest BCUT2D eigenvalue weighted by molar-refractivity contribution is 5.97. The third-order valence-corrected chi connectivity index (χ3v) is 5.11. The Labute approximate surface area is 220 Å². The maximum Gasteiger partial charge on any atom is 0.343 e. The summed E-state index contributed by atoms with van der Waals surface area (Å²) in [4.78, 5) is 36.7. The first-order valence-electron chi connectivity index (χ1n) is 11.8. The molecular weight excluding hydrogens is 490 g/mol. The third-order valence-electron chi connectivity index (χ3n) is 5.11. The molecule has 38 heavy (non-hydrogen) atoms. The number of ether oxygens (including phenoxy) is 4. The number of rotatable bonds is 12. The van der Waals surface area contributed by atoms with Crippen LogP contribution in [0.2, 0.25) is 0 Å². The summed E-state index contributed by atoms with van der Waals surface area (Å²) in [6, 6.07) is 18.0. The van der Waals surface area contributed by atoms with Crippen molar-refractivity contribution in [3.63, 3.8) is 0 Å². The summed E-state index contributed by atoms with van der Waals surface area (Å²) in [5, 5.41) is 6.39. The zero-order valence-electron chi connectivity index (χ0n) is 21.4. The van der Waals surface area contributed by atoms with Crippen molar-refractivity contribution in [3.05, 3.63) is 83.4 Å². The van der Waals surface area contributed by atoms with Crippen molar-refractivity contribution in [2.45, 2.75) is 13.3 Å². The fourth-order valence-corrected chi connectivity index (χ4v) is 3.15. The van der Waals surface area contributed by atoms with Crippen LogP contribution in [0, 0.1) is 0 Å². The van der Waals surface area contributed by atoms with Crippen LogP contribution >= 0.6 is 0 Å². The molecule has 0 saturated heterocycles. The van der Waals surface area contributed by atoms with Crippen molar-refractivity contribution in [1.82, 2.24) is 10.7 Å². The van der Waals surface area contributed by atoms with Crippen molar-refractivity contribution in [2.75, 3.05) is 27.4 Å². The quantitative estimate of drug-likeness (QED) is 0.162. The highest BCUT2D eigenvalue weighted by Gasteiger charge is 2.12. The topological polar surface area (TPSA) is 125 Å². The molecule has 0 bridgehead atoms. The second kappa shape index (κ2) is 14.0. The molecule has 3 rings (SSSR count). The molecule has 0 spiro atoms. The first-order chi connectivity index (χ1) is 18.4. The number of carbonyl (C=O) groups is 3. The minimum Gasteiger partial charge on any atom is -0.494 e. The highest BCUT2D eigenvalue weighted by atomic mass is 16.5. The lowest BCUT2D eigenvalue weighted by Gasteiger charge is -2.09. The minimum absolute atomic E-state index is 0.273. The molecule has 2 amide bonds. The van der Waals surface area contributed by atoms with E-state index < -0.39 is 17.8 Å². The summed E-state index contributed by atoms with van der Waals surface area (Å²) in [6.45, 7) is 2.36. The second-order valence-corrected chi connectivity index (χ2v) is 7.88. The average Bonchev–Trinajstić information content (AvgIpc) is 2.95. The van der Waals surface area contributed by atoms with Crippen LogP contribution in [0.25, 0.3) is 0 Å². The lowest BCUT2D eigenvalue weighted by atomic mass is 10.2. The summed E-state index contributed by atoms with van der Waals surface area (Å²) in [6.07, 6.45) is 2.32. The fraction of sp³-hybridized carbons (Fsp3) is 0.214. The Balaban J connectivity index is 1.44. The van der Waals surface area contributed by atoms with Crippen molar-refractivity contribution in [2.24, 2.45) is 5.10 Å². The van der Waals surface area contributed by atoms with E-state index >= 15 is 0 Å². The van der Waals surface area contributed by atoms with E-state index in [1.165, 1.54) is 26.5 Å². The zero-order chi connectivity index (χ0) is 27.3. The van der Waals surface area contributed by atoms with Crippen molar-refractivity contribution in [3.8, 4) is 23.0 Å². The largest absolute Gasteiger partial charge is 0.494 e. The molecule has 0 unspecified atom stereocenters. The summed E-state index contributed by atoms with van der Waals surface area (Å²) in [7, 11) is 2.96. The molecule has 0 aromatic heterocycles.